The Morgan fingerprint density at radius 2 is 2.29 bits per heavy atom. The van der Waals surface area contributed by atoms with Gasteiger partial charge in [0.05, 0.1) is 11.8 Å². The van der Waals surface area contributed by atoms with Gasteiger partial charge in [-0.05, 0) is 30.7 Å². The summed E-state index contributed by atoms with van der Waals surface area (Å²) in [5, 5.41) is 27.1. The summed E-state index contributed by atoms with van der Waals surface area (Å²) in [5.41, 5.74) is 5.36. The van der Waals surface area contributed by atoms with Gasteiger partial charge in [-0.3, -0.25) is 5.10 Å². The zero-order valence-corrected chi connectivity index (χ0v) is 14.1. The number of hydrogen-bond acceptors (Lipinski definition) is 5. The van der Waals surface area contributed by atoms with Crippen molar-refractivity contribution in [1.29, 1.82) is 10.7 Å². The fraction of sp³-hybridized carbons (Fsp3) is 0.444. The molecule has 0 bridgehead atoms. The van der Waals surface area contributed by atoms with E-state index in [0.717, 1.165) is 36.1 Å². The van der Waals surface area contributed by atoms with E-state index in [4.69, 9.17) is 10.7 Å². The van der Waals surface area contributed by atoms with Crippen LogP contribution in [-0.4, -0.2) is 27.9 Å². The lowest BCUT2D eigenvalue weighted by atomic mass is 9.90. The van der Waals surface area contributed by atoms with Crippen molar-refractivity contribution in [2.45, 2.75) is 39.5 Å². The first kappa shape index (κ1) is 16.2. The van der Waals surface area contributed by atoms with Gasteiger partial charge in [-0.25, -0.2) is 4.98 Å². The topological polar surface area (TPSA) is 101 Å². The first-order valence-corrected chi connectivity index (χ1v) is 8.22. The molecular formula is C18H22N6. The van der Waals surface area contributed by atoms with Crippen molar-refractivity contribution in [3.05, 3.63) is 29.1 Å². The zero-order valence-electron chi connectivity index (χ0n) is 14.1. The summed E-state index contributed by atoms with van der Waals surface area (Å²) in [6.07, 6.45) is 6.40. The van der Waals surface area contributed by atoms with Crippen LogP contribution in [-0.2, 0) is 12.8 Å². The Kier molecular flexibility index (Phi) is 4.34. The quantitative estimate of drug-likeness (QED) is 0.561. The molecule has 3 rings (SSSR count). The molecule has 124 valence electrons. The standard InChI is InChI=1S/C18H22N6/c1-18(2)8-14-15(9-18)23-24-16(14)13-7-12(10-20)17(22-11-13)21-6-4-3-5-19/h7,10-11,20H,3-4,6,8-9H2,1-2H3,(H,21,22)(H,23,24). The molecule has 0 saturated heterocycles. The molecule has 2 aromatic rings. The number of nitriles is 1. The van der Waals surface area contributed by atoms with Gasteiger partial charge in [0.2, 0.25) is 0 Å². The lowest BCUT2D eigenvalue weighted by molar-refractivity contribution is 0.388. The fourth-order valence-electron chi connectivity index (χ4n) is 3.24. The van der Waals surface area contributed by atoms with Gasteiger partial charge < -0.3 is 10.7 Å². The molecule has 3 N–H and O–H groups in total. The molecule has 0 aliphatic heterocycles. The Morgan fingerprint density at radius 1 is 1.46 bits per heavy atom. The van der Waals surface area contributed by atoms with E-state index in [1.54, 1.807) is 6.20 Å². The van der Waals surface area contributed by atoms with Crippen molar-refractivity contribution in [2.24, 2.45) is 5.41 Å². The first-order chi connectivity index (χ1) is 11.5. The van der Waals surface area contributed by atoms with E-state index in [9.17, 15) is 0 Å². The van der Waals surface area contributed by atoms with Crippen LogP contribution in [0.3, 0.4) is 0 Å². The second kappa shape index (κ2) is 6.44. The molecule has 0 unspecified atom stereocenters. The van der Waals surface area contributed by atoms with Crippen LogP contribution in [0.2, 0.25) is 0 Å². The third-order valence-corrected chi connectivity index (χ3v) is 4.37. The van der Waals surface area contributed by atoms with Gasteiger partial charge in [-0.1, -0.05) is 13.8 Å². The minimum Gasteiger partial charge on any atom is -0.369 e. The highest BCUT2D eigenvalue weighted by molar-refractivity contribution is 5.86. The number of pyridine rings is 1. The van der Waals surface area contributed by atoms with Crippen LogP contribution in [0.1, 0.15) is 43.5 Å². The van der Waals surface area contributed by atoms with Crippen LogP contribution in [0.5, 0.6) is 0 Å². The average molecular weight is 322 g/mol. The van der Waals surface area contributed by atoms with Gasteiger partial charge >= 0.3 is 0 Å². The summed E-state index contributed by atoms with van der Waals surface area (Å²) >= 11 is 0. The van der Waals surface area contributed by atoms with Gasteiger partial charge in [0, 0.05) is 47.8 Å². The highest BCUT2D eigenvalue weighted by Crippen LogP contribution is 2.39. The summed E-state index contributed by atoms with van der Waals surface area (Å²) in [4.78, 5) is 4.47. The van der Waals surface area contributed by atoms with E-state index in [2.05, 4.69) is 40.4 Å². The predicted octanol–water partition coefficient (Wildman–Crippen LogP) is 3.31. The molecule has 0 amide bonds. The number of H-pyrrole nitrogens is 1. The highest BCUT2D eigenvalue weighted by atomic mass is 15.1. The molecular weight excluding hydrogens is 300 g/mol. The molecule has 0 atom stereocenters. The molecule has 0 aromatic carbocycles. The lowest BCUT2D eigenvalue weighted by Gasteiger charge is -2.15. The molecule has 1 aliphatic carbocycles. The third kappa shape index (κ3) is 3.16. The summed E-state index contributed by atoms with van der Waals surface area (Å²) in [6.45, 7) is 5.20. The number of anilines is 1. The number of aromatic amines is 1. The maximum absolute atomic E-state index is 8.58. The zero-order chi connectivity index (χ0) is 17.2. The van der Waals surface area contributed by atoms with Gasteiger partial charge in [0.25, 0.3) is 0 Å². The van der Waals surface area contributed by atoms with Gasteiger partial charge in [-0.2, -0.15) is 10.4 Å². The van der Waals surface area contributed by atoms with E-state index < -0.39 is 0 Å². The lowest BCUT2D eigenvalue weighted by Crippen LogP contribution is -2.11. The van der Waals surface area contributed by atoms with E-state index in [1.807, 2.05) is 6.07 Å². The molecule has 2 heterocycles. The molecule has 2 aromatic heterocycles. The summed E-state index contributed by atoms with van der Waals surface area (Å²) in [6, 6.07) is 4.08. The van der Waals surface area contributed by atoms with Crippen LogP contribution in [0.25, 0.3) is 11.3 Å². The average Bonchev–Trinajstić information content (AvgIpc) is 3.06. The van der Waals surface area contributed by atoms with E-state index in [1.165, 1.54) is 17.5 Å². The number of unbranched alkanes of at least 4 members (excludes halogenated alkanes) is 1. The number of nitrogens with one attached hydrogen (secondary N) is 3. The van der Waals surface area contributed by atoms with Crippen LogP contribution >= 0.6 is 0 Å². The smallest absolute Gasteiger partial charge is 0.134 e. The Labute approximate surface area is 141 Å². The van der Waals surface area contributed by atoms with Crippen LogP contribution in [0.4, 0.5) is 5.82 Å². The Morgan fingerprint density at radius 3 is 3.04 bits per heavy atom. The van der Waals surface area contributed by atoms with Crippen LogP contribution in [0.15, 0.2) is 12.3 Å². The monoisotopic (exact) mass is 322 g/mol. The van der Waals surface area contributed by atoms with Crippen molar-refractivity contribution in [2.75, 3.05) is 11.9 Å². The Bertz CT molecular complexity index is 796. The Balaban J connectivity index is 1.84. The van der Waals surface area contributed by atoms with Crippen LogP contribution in [0, 0.1) is 22.2 Å². The molecule has 0 fully saturated rings. The maximum atomic E-state index is 8.58. The largest absolute Gasteiger partial charge is 0.369 e. The second-order valence-electron chi connectivity index (χ2n) is 7.04. The molecule has 0 radical (unpaired) electrons. The molecule has 6 heteroatoms. The second-order valence-corrected chi connectivity index (χ2v) is 7.04. The minimum absolute atomic E-state index is 0.263. The highest BCUT2D eigenvalue weighted by Gasteiger charge is 2.32. The molecule has 0 spiro atoms. The third-order valence-electron chi connectivity index (χ3n) is 4.37. The Hall–Kier alpha value is -2.68. The van der Waals surface area contributed by atoms with Crippen molar-refractivity contribution >= 4 is 12.0 Å². The number of nitrogens with zero attached hydrogens (tertiary/aromatic N) is 3. The molecule has 24 heavy (non-hydrogen) atoms. The molecule has 6 nitrogen and oxygen atoms in total. The van der Waals surface area contributed by atoms with Crippen LogP contribution < -0.4 is 5.32 Å². The SMILES string of the molecule is CC1(C)Cc2[nH]nc(-c3cnc(NCCCC#N)c(C=N)c3)c2C1. The summed E-state index contributed by atoms with van der Waals surface area (Å²) < 4.78 is 0. The van der Waals surface area contributed by atoms with Crippen molar-refractivity contribution in [3.63, 3.8) is 0 Å². The van der Waals surface area contributed by atoms with E-state index in [-0.39, 0.29) is 5.41 Å². The maximum Gasteiger partial charge on any atom is 0.134 e. The van der Waals surface area contributed by atoms with Crippen molar-refractivity contribution in [1.82, 2.24) is 15.2 Å². The molecule has 1 aliphatic rings. The fourth-order valence-corrected chi connectivity index (χ4v) is 3.24. The molecule has 0 saturated carbocycles. The predicted molar refractivity (Wildman–Crippen MR) is 94.2 cm³/mol. The van der Waals surface area contributed by atoms with Crippen molar-refractivity contribution < 1.29 is 0 Å². The van der Waals surface area contributed by atoms with E-state index >= 15 is 0 Å². The number of hydrogen-bond donors (Lipinski definition) is 3. The summed E-state index contributed by atoms with van der Waals surface area (Å²) in [5.74, 6) is 0.680. The van der Waals surface area contributed by atoms with Gasteiger partial charge in [0.15, 0.2) is 0 Å². The number of aromatic nitrogens is 3. The van der Waals surface area contributed by atoms with Gasteiger partial charge in [0.1, 0.15) is 5.82 Å². The summed E-state index contributed by atoms with van der Waals surface area (Å²) in [7, 11) is 0. The number of rotatable bonds is 6. The van der Waals surface area contributed by atoms with E-state index in [0.29, 0.717) is 18.8 Å². The van der Waals surface area contributed by atoms with Gasteiger partial charge in [-0.15, -0.1) is 0 Å². The number of fused-ring (bicyclic) bond motifs is 1. The normalized spacial score (nSPS) is 14.9. The minimum atomic E-state index is 0.263. The first-order valence-electron chi connectivity index (χ1n) is 8.22. The van der Waals surface area contributed by atoms with Crippen molar-refractivity contribution in [3.8, 4) is 17.3 Å².